The summed E-state index contributed by atoms with van der Waals surface area (Å²) in [7, 11) is 0. The number of rotatable bonds is 9. The zero-order valence-corrected chi connectivity index (χ0v) is 17.9. The molecule has 9 heteroatoms. The van der Waals surface area contributed by atoms with Gasteiger partial charge in [0.15, 0.2) is 6.61 Å². The molecule has 30 heavy (non-hydrogen) atoms. The minimum atomic E-state index is -4.35. The van der Waals surface area contributed by atoms with E-state index in [-0.39, 0.29) is 11.0 Å². The van der Waals surface area contributed by atoms with Crippen molar-refractivity contribution >= 4 is 17.1 Å². The van der Waals surface area contributed by atoms with Crippen LogP contribution in [0.5, 0.6) is 5.19 Å². The molecule has 1 aliphatic heterocycles. The molecular formula is C21H28F3N3O2S. The van der Waals surface area contributed by atoms with Crippen LogP contribution in [0.15, 0.2) is 0 Å². The molecule has 1 fully saturated rings. The van der Waals surface area contributed by atoms with E-state index < -0.39 is 12.8 Å². The highest BCUT2D eigenvalue weighted by Gasteiger charge is 2.30. The fourth-order valence-electron chi connectivity index (χ4n) is 4.33. The third-order valence-electron chi connectivity index (χ3n) is 6.00. The number of thiazole rings is 1. The van der Waals surface area contributed by atoms with Gasteiger partial charge < -0.3 is 4.74 Å². The molecule has 0 atom stereocenters. The molecule has 0 saturated heterocycles. The summed E-state index contributed by atoms with van der Waals surface area (Å²) < 4.78 is 41.7. The van der Waals surface area contributed by atoms with Gasteiger partial charge in [-0.25, -0.2) is 4.98 Å². The molecule has 5 nitrogen and oxygen atoms in total. The van der Waals surface area contributed by atoms with E-state index in [0.29, 0.717) is 37.6 Å². The van der Waals surface area contributed by atoms with Gasteiger partial charge in [-0.3, -0.25) is 9.69 Å². The second-order valence-electron chi connectivity index (χ2n) is 8.36. The van der Waals surface area contributed by atoms with Crippen LogP contribution < -0.4 is 4.74 Å². The lowest BCUT2D eigenvalue weighted by Gasteiger charge is -2.31. The Kier molecular flexibility index (Phi) is 8.12. The number of Topliss-reactive ketones (excluding diaryl/α,β-unsaturated/α-hetero) is 1. The predicted octanol–water partition coefficient (Wildman–Crippen LogP) is 4.90. The molecule has 0 bridgehead atoms. The number of alkyl halides is 3. The third kappa shape index (κ3) is 7.24. The number of ketones is 1. The standard InChI is InChI=1S/C21H28F3N3O2S/c22-21(23,24)14-29-20-26-18-13-27(11-8-19(18)30-20)10-7-15-3-5-16(6-4-15)12-17(28)2-1-9-25/h15-16H,1-8,10-14H2. The van der Waals surface area contributed by atoms with Crippen LogP contribution in [0.2, 0.25) is 0 Å². The minimum Gasteiger partial charge on any atom is -0.460 e. The molecule has 0 spiro atoms. The molecule has 0 unspecified atom stereocenters. The van der Waals surface area contributed by atoms with E-state index in [1.54, 1.807) is 0 Å². The lowest BCUT2D eigenvalue weighted by atomic mass is 9.78. The van der Waals surface area contributed by atoms with Gasteiger partial charge in [0.1, 0.15) is 5.78 Å². The number of nitrogens with zero attached hydrogens (tertiary/aromatic N) is 3. The number of carbonyl (C=O) groups excluding carboxylic acids is 1. The van der Waals surface area contributed by atoms with Crippen molar-refractivity contribution in [1.29, 1.82) is 5.26 Å². The SMILES string of the molecule is N#CCCC(=O)CC1CCC(CCN2CCc3sc(OCC(F)(F)F)nc3C2)CC1. The summed E-state index contributed by atoms with van der Waals surface area (Å²) in [6, 6.07) is 2.03. The van der Waals surface area contributed by atoms with Gasteiger partial charge in [-0.2, -0.15) is 18.4 Å². The van der Waals surface area contributed by atoms with Crippen molar-refractivity contribution < 1.29 is 22.7 Å². The van der Waals surface area contributed by atoms with Crippen molar-refractivity contribution in [1.82, 2.24) is 9.88 Å². The number of hydrogen-bond acceptors (Lipinski definition) is 6. The largest absolute Gasteiger partial charge is 0.460 e. The number of hydrogen-bond donors (Lipinski definition) is 0. The van der Waals surface area contributed by atoms with Crippen LogP contribution in [0.3, 0.4) is 0 Å². The maximum Gasteiger partial charge on any atom is 0.422 e. The van der Waals surface area contributed by atoms with Crippen LogP contribution in [-0.2, 0) is 17.8 Å². The van der Waals surface area contributed by atoms with E-state index >= 15 is 0 Å². The Morgan fingerprint density at radius 1 is 1.27 bits per heavy atom. The zero-order chi connectivity index (χ0) is 21.6. The first-order valence-corrected chi connectivity index (χ1v) is 11.4. The Bertz CT molecular complexity index is 752. The topological polar surface area (TPSA) is 66.2 Å². The Balaban J connectivity index is 1.36. The van der Waals surface area contributed by atoms with E-state index in [1.165, 1.54) is 11.3 Å². The van der Waals surface area contributed by atoms with Crippen LogP contribution in [0.1, 0.15) is 61.9 Å². The van der Waals surface area contributed by atoms with E-state index in [2.05, 4.69) is 9.88 Å². The van der Waals surface area contributed by atoms with Crippen molar-refractivity contribution in [2.24, 2.45) is 11.8 Å². The van der Waals surface area contributed by atoms with Gasteiger partial charge >= 0.3 is 6.18 Å². The highest BCUT2D eigenvalue weighted by molar-refractivity contribution is 7.13. The quantitative estimate of drug-likeness (QED) is 0.543. The smallest absolute Gasteiger partial charge is 0.422 e. The lowest BCUT2D eigenvalue weighted by Crippen LogP contribution is -2.32. The van der Waals surface area contributed by atoms with E-state index in [0.717, 1.165) is 62.2 Å². The second kappa shape index (κ2) is 10.6. The maximum atomic E-state index is 12.3. The van der Waals surface area contributed by atoms with Gasteiger partial charge in [0.05, 0.1) is 11.8 Å². The molecule has 0 amide bonds. The maximum absolute atomic E-state index is 12.3. The molecule has 1 aromatic rings. The fourth-order valence-corrected chi connectivity index (χ4v) is 5.24. The number of aromatic nitrogens is 1. The first kappa shape index (κ1) is 23.0. The first-order chi connectivity index (χ1) is 14.3. The summed E-state index contributed by atoms with van der Waals surface area (Å²) in [5, 5.41) is 8.69. The average Bonchev–Trinajstić information content (AvgIpc) is 3.12. The molecule has 0 aromatic carbocycles. The number of nitriles is 1. The summed E-state index contributed by atoms with van der Waals surface area (Å²) in [6.45, 7) is 1.24. The molecular weight excluding hydrogens is 415 g/mol. The highest BCUT2D eigenvalue weighted by atomic mass is 32.1. The monoisotopic (exact) mass is 443 g/mol. The summed E-state index contributed by atoms with van der Waals surface area (Å²) in [5.41, 5.74) is 0.850. The Morgan fingerprint density at radius 2 is 2.00 bits per heavy atom. The van der Waals surface area contributed by atoms with Crippen LogP contribution >= 0.6 is 11.3 Å². The van der Waals surface area contributed by atoms with Crippen molar-refractivity contribution in [3.05, 3.63) is 10.6 Å². The molecule has 2 heterocycles. The Labute approximate surface area is 179 Å². The lowest BCUT2D eigenvalue weighted by molar-refractivity contribution is -0.153. The molecule has 2 aliphatic rings. The van der Waals surface area contributed by atoms with E-state index in [4.69, 9.17) is 10.00 Å². The summed E-state index contributed by atoms with van der Waals surface area (Å²) >= 11 is 1.23. The normalized spacial score (nSPS) is 22.3. The first-order valence-electron chi connectivity index (χ1n) is 10.6. The third-order valence-corrected chi connectivity index (χ3v) is 7.07. The van der Waals surface area contributed by atoms with Gasteiger partial charge in [0, 0.05) is 37.2 Å². The molecule has 0 N–H and O–H groups in total. The number of ether oxygens (including phenoxy) is 1. The highest BCUT2D eigenvalue weighted by Crippen LogP contribution is 2.34. The number of fused-ring (bicyclic) bond motifs is 1. The summed E-state index contributed by atoms with van der Waals surface area (Å²) in [4.78, 5) is 19.5. The number of carbonyl (C=O) groups is 1. The number of halogens is 3. The van der Waals surface area contributed by atoms with Gasteiger partial charge in [-0.1, -0.05) is 24.2 Å². The van der Waals surface area contributed by atoms with Crippen molar-refractivity contribution in [2.45, 2.75) is 70.5 Å². The minimum absolute atomic E-state index is 0.113. The van der Waals surface area contributed by atoms with Gasteiger partial charge in [0.2, 0.25) is 0 Å². The summed E-state index contributed by atoms with van der Waals surface area (Å²) in [6.07, 6.45) is 3.33. The summed E-state index contributed by atoms with van der Waals surface area (Å²) in [5.74, 6) is 1.35. The fraction of sp³-hybridized carbons (Fsp3) is 0.762. The van der Waals surface area contributed by atoms with Crippen molar-refractivity contribution in [3.63, 3.8) is 0 Å². The van der Waals surface area contributed by atoms with Crippen molar-refractivity contribution in [2.75, 3.05) is 19.7 Å². The second-order valence-corrected chi connectivity index (χ2v) is 9.40. The van der Waals surface area contributed by atoms with Crippen molar-refractivity contribution in [3.8, 4) is 11.3 Å². The van der Waals surface area contributed by atoms with Gasteiger partial charge in [-0.15, -0.1) is 0 Å². The molecule has 1 aliphatic carbocycles. The predicted molar refractivity (Wildman–Crippen MR) is 107 cm³/mol. The van der Waals surface area contributed by atoms with E-state index in [1.807, 2.05) is 6.07 Å². The Hall–Kier alpha value is -1.66. The van der Waals surface area contributed by atoms with Gasteiger partial charge in [0.25, 0.3) is 5.19 Å². The molecule has 1 aromatic heterocycles. The molecule has 0 radical (unpaired) electrons. The van der Waals surface area contributed by atoms with Crippen LogP contribution in [-0.4, -0.2) is 41.5 Å². The van der Waals surface area contributed by atoms with E-state index in [9.17, 15) is 18.0 Å². The van der Waals surface area contributed by atoms with Crippen LogP contribution in [0, 0.1) is 23.2 Å². The van der Waals surface area contributed by atoms with Gasteiger partial charge in [-0.05, 0) is 44.1 Å². The molecule has 1 saturated carbocycles. The van der Waals surface area contributed by atoms with Crippen LogP contribution in [0.25, 0.3) is 0 Å². The van der Waals surface area contributed by atoms with Crippen LogP contribution in [0.4, 0.5) is 13.2 Å². The molecule has 3 rings (SSSR count). The Morgan fingerprint density at radius 3 is 2.70 bits per heavy atom. The zero-order valence-electron chi connectivity index (χ0n) is 17.0. The molecule has 166 valence electrons. The average molecular weight is 444 g/mol.